The van der Waals surface area contributed by atoms with Crippen molar-refractivity contribution in [1.29, 1.82) is 0 Å². The van der Waals surface area contributed by atoms with Crippen LogP contribution in [0.1, 0.15) is 29.9 Å². The maximum Gasteiger partial charge on any atom is 0.242 e. The first kappa shape index (κ1) is 16.2. The highest BCUT2D eigenvalue weighted by molar-refractivity contribution is 9.10. The third-order valence-electron chi connectivity index (χ3n) is 4.46. The highest BCUT2D eigenvalue weighted by Crippen LogP contribution is 2.34. The molecule has 7 heteroatoms. The number of hydrogen-bond acceptors (Lipinski definition) is 2. The van der Waals surface area contributed by atoms with E-state index in [-0.39, 0.29) is 12.3 Å². The molecule has 1 aromatic carbocycles. The largest absolute Gasteiger partial charge is 0.530 e. The van der Waals surface area contributed by atoms with E-state index in [4.69, 9.17) is 0 Å². The lowest BCUT2D eigenvalue weighted by atomic mass is 9.88. The summed E-state index contributed by atoms with van der Waals surface area (Å²) in [5.74, 6) is 0.239. The van der Waals surface area contributed by atoms with E-state index in [2.05, 4.69) is 20.9 Å². The molecule has 124 valence electrons. The molecular weight excluding hydrogens is 370 g/mol. The third-order valence-corrected chi connectivity index (χ3v) is 5.14. The number of H-pyrrole nitrogens is 1. The standard InChI is InChI=1S/C16H17BrF2N2O2/c17-15-12(8-14(18)19)11-7-10(1-2-13(11)20-15)9-3-5-21(6-4-9)16(22)23/h1-2,7,9,14,20H,3-6,8H2,(H,22,23)/p-1. The van der Waals surface area contributed by atoms with Gasteiger partial charge in [0.1, 0.15) is 6.09 Å². The molecular formula is C16H16BrF2N2O2-. The minimum Gasteiger partial charge on any atom is -0.530 e. The molecule has 1 fully saturated rings. The Hall–Kier alpha value is -1.63. The zero-order chi connectivity index (χ0) is 16.6. The number of piperidine rings is 1. The maximum atomic E-state index is 12.8. The molecule has 23 heavy (non-hydrogen) atoms. The van der Waals surface area contributed by atoms with Gasteiger partial charge in [-0.15, -0.1) is 0 Å². The monoisotopic (exact) mass is 385 g/mol. The molecule has 0 spiro atoms. The van der Waals surface area contributed by atoms with Gasteiger partial charge in [0.15, 0.2) is 0 Å². The number of aromatic nitrogens is 1. The molecule has 2 heterocycles. The van der Waals surface area contributed by atoms with Crippen molar-refractivity contribution in [2.45, 2.75) is 31.6 Å². The molecule has 0 saturated carbocycles. The number of amides is 1. The van der Waals surface area contributed by atoms with Crippen LogP contribution in [0.25, 0.3) is 10.9 Å². The van der Waals surface area contributed by atoms with Gasteiger partial charge in [-0.25, -0.2) is 8.78 Å². The average molecular weight is 386 g/mol. The molecule has 1 amide bonds. The van der Waals surface area contributed by atoms with Crippen LogP contribution in [0, 0.1) is 0 Å². The second-order valence-electron chi connectivity index (χ2n) is 5.84. The molecule has 1 saturated heterocycles. The maximum absolute atomic E-state index is 12.8. The molecule has 1 aliphatic rings. The molecule has 0 aliphatic carbocycles. The lowest BCUT2D eigenvalue weighted by Gasteiger charge is -2.33. The van der Waals surface area contributed by atoms with Gasteiger partial charge in [-0.05, 0) is 57.9 Å². The van der Waals surface area contributed by atoms with E-state index < -0.39 is 12.5 Å². The van der Waals surface area contributed by atoms with Crippen molar-refractivity contribution in [1.82, 2.24) is 9.88 Å². The molecule has 4 nitrogen and oxygen atoms in total. The Morgan fingerprint density at radius 2 is 2.09 bits per heavy atom. The van der Waals surface area contributed by atoms with Crippen LogP contribution < -0.4 is 5.11 Å². The van der Waals surface area contributed by atoms with Gasteiger partial charge >= 0.3 is 0 Å². The average Bonchev–Trinajstić information content (AvgIpc) is 2.82. The van der Waals surface area contributed by atoms with Gasteiger partial charge in [0, 0.05) is 30.4 Å². The number of carboxylic acid groups (broad SMARTS) is 1. The van der Waals surface area contributed by atoms with E-state index >= 15 is 0 Å². The Balaban J connectivity index is 1.86. The Morgan fingerprint density at radius 3 is 2.70 bits per heavy atom. The smallest absolute Gasteiger partial charge is 0.242 e. The van der Waals surface area contributed by atoms with Crippen LogP contribution >= 0.6 is 15.9 Å². The molecule has 0 atom stereocenters. The normalized spacial score (nSPS) is 16.4. The summed E-state index contributed by atoms with van der Waals surface area (Å²) in [6.45, 7) is 0.900. The molecule has 1 aliphatic heterocycles. The summed E-state index contributed by atoms with van der Waals surface area (Å²) in [7, 11) is 0. The Bertz CT molecular complexity index is 724. The van der Waals surface area contributed by atoms with Crippen LogP contribution in [-0.2, 0) is 6.42 Å². The number of alkyl halides is 2. The van der Waals surface area contributed by atoms with E-state index in [1.54, 1.807) is 0 Å². The van der Waals surface area contributed by atoms with Gasteiger partial charge in [0.2, 0.25) is 6.43 Å². The molecule has 0 unspecified atom stereocenters. The summed E-state index contributed by atoms with van der Waals surface area (Å²) < 4.78 is 26.2. The van der Waals surface area contributed by atoms with Crippen LogP contribution in [-0.4, -0.2) is 35.5 Å². The van der Waals surface area contributed by atoms with Gasteiger partial charge < -0.3 is 19.8 Å². The van der Waals surface area contributed by atoms with Gasteiger partial charge in [-0.2, -0.15) is 0 Å². The fourth-order valence-electron chi connectivity index (χ4n) is 3.24. The number of likely N-dealkylation sites (tertiary alicyclic amines) is 1. The van der Waals surface area contributed by atoms with E-state index in [1.807, 2.05) is 18.2 Å². The molecule has 3 rings (SSSR count). The summed E-state index contributed by atoms with van der Waals surface area (Å²) >= 11 is 3.31. The van der Waals surface area contributed by atoms with Crippen molar-refractivity contribution in [3.8, 4) is 0 Å². The number of carbonyl (C=O) groups is 1. The fraction of sp³-hybridized carbons (Fsp3) is 0.438. The first-order chi connectivity index (χ1) is 11.0. The topological polar surface area (TPSA) is 59.2 Å². The molecule has 1 aromatic heterocycles. The van der Waals surface area contributed by atoms with Crippen LogP contribution in [0.2, 0.25) is 0 Å². The van der Waals surface area contributed by atoms with E-state index in [0.717, 1.165) is 29.3 Å². The number of benzene rings is 1. The minimum absolute atomic E-state index is 0.239. The lowest BCUT2D eigenvalue weighted by molar-refractivity contribution is -0.266. The predicted molar refractivity (Wildman–Crippen MR) is 84.7 cm³/mol. The SMILES string of the molecule is O=C([O-])N1CCC(c2ccc3[nH]c(Br)c(CC(F)F)c3c2)CC1. The van der Waals surface area contributed by atoms with Crippen LogP contribution in [0.5, 0.6) is 0 Å². The number of aromatic amines is 1. The van der Waals surface area contributed by atoms with Gasteiger partial charge in [-0.1, -0.05) is 6.07 Å². The quantitative estimate of drug-likeness (QED) is 0.881. The van der Waals surface area contributed by atoms with Gasteiger partial charge in [0.25, 0.3) is 0 Å². The third kappa shape index (κ3) is 3.34. The van der Waals surface area contributed by atoms with Crippen LogP contribution in [0.3, 0.4) is 0 Å². The summed E-state index contributed by atoms with van der Waals surface area (Å²) in [4.78, 5) is 15.2. The summed E-state index contributed by atoms with van der Waals surface area (Å²) in [6, 6.07) is 5.83. The second kappa shape index (κ2) is 6.47. The number of rotatable bonds is 3. The Labute approximate surface area is 140 Å². The Kier molecular flexibility index (Phi) is 4.57. The van der Waals surface area contributed by atoms with E-state index in [9.17, 15) is 18.7 Å². The van der Waals surface area contributed by atoms with Crippen molar-refractivity contribution in [2.24, 2.45) is 0 Å². The summed E-state index contributed by atoms with van der Waals surface area (Å²) in [5, 5.41) is 11.7. The number of carbonyl (C=O) groups excluding carboxylic acids is 1. The minimum atomic E-state index is -2.40. The van der Waals surface area contributed by atoms with E-state index in [0.29, 0.717) is 23.3 Å². The first-order valence-electron chi connectivity index (χ1n) is 7.49. The first-order valence-corrected chi connectivity index (χ1v) is 8.29. The van der Waals surface area contributed by atoms with Crippen LogP contribution in [0.15, 0.2) is 22.8 Å². The molecule has 0 radical (unpaired) electrons. The second-order valence-corrected chi connectivity index (χ2v) is 6.64. The number of hydrogen-bond donors (Lipinski definition) is 1. The van der Waals surface area contributed by atoms with Gasteiger partial charge in [-0.3, -0.25) is 0 Å². The van der Waals surface area contributed by atoms with Gasteiger partial charge in [0.05, 0.1) is 4.60 Å². The van der Waals surface area contributed by atoms with Crippen molar-refractivity contribution >= 4 is 32.9 Å². The number of nitrogens with one attached hydrogen (secondary N) is 1. The predicted octanol–water partition coefficient (Wildman–Crippen LogP) is 3.26. The molecule has 2 aromatic rings. The highest BCUT2D eigenvalue weighted by atomic mass is 79.9. The summed E-state index contributed by atoms with van der Waals surface area (Å²) in [5.41, 5.74) is 2.48. The highest BCUT2D eigenvalue weighted by Gasteiger charge is 2.22. The van der Waals surface area contributed by atoms with Crippen molar-refractivity contribution in [3.63, 3.8) is 0 Å². The zero-order valence-corrected chi connectivity index (χ0v) is 13.9. The molecule has 0 bridgehead atoms. The van der Waals surface area contributed by atoms with Crippen LogP contribution in [0.4, 0.5) is 13.6 Å². The number of fused-ring (bicyclic) bond motifs is 1. The zero-order valence-electron chi connectivity index (χ0n) is 12.3. The van der Waals surface area contributed by atoms with Crippen molar-refractivity contribution in [2.75, 3.05) is 13.1 Å². The number of halogens is 3. The van der Waals surface area contributed by atoms with E-state index in [1.165, 1.54) is 4.90 Å². The summed E-state index contributed by atoms with van der Waals surface area (Å²) in [6.07, 6.45) is -2.40. The van der Waals surface area contributed by atoms with Crippen molar-refractivity contribution in [3.05, 3.63) is 33.9 Å². The Morgan fingerprint density at radius 1 is 1.39 bits per heavy atom. The lowest BCUT2D eigenvalue weighted by Crippen LogP contribution is -2.45. The van der Waals surface area contributed by atoms with Crippen molar-refractivity contribution < 1.29 is 18.7 Å². The fourth-order valence-corrected chi connectivity index (χ4v) is 3.82. The molecule has 1 N–H and O–H groups in total. The number of nitrogens with zero attached hydrogens (tertiary/aromatic N) is 1.